The van der Waals surface area contributed by atoms with E-state index in [1.807, 2.05) is 0 Å². The van der Waals surface area contributed by atoms with Crippen LogP contribution in [0, 0.1) is 5.92 Å². The number of fused-ring (bicyclic) bond motifs is 4. The molecule has 5 nitrogen and oxygen atoms in total. The molecular formula is C19H14O5. The standard InChI is InChI=1S/C19H14O5/c1-8-7-13(21)14-10(17(8)22)5-6-11-16(14)19(24)9-3-2-4-12(20)15(9)18(11)23/h2-6,8,17,20,22H,7H2,1H3/t8-,17+/m0/s1. The van der Waals surface area contributed by atoms with Crippen LogP contribution in [0.1, 0.15) is 67.2 Å². The van der Waals surface area contributed by atoms with Crippen LogP contribution in [0.15, 0.2) is 30.3 Å². The molecule has 0 saturated heterocycles. The van der Waals surface area contributed by atoms with Crippen LogP contribution in [0.5, 0.6) is 5.75 Å². The average Bonchev–Trinajstić information content (AvgIpc) is 2.56. The topological polar surface area (TPSA) is 91.7 Å². The SMILES string of the molecule is C[C@H]1CC(=O)c2c(ccc3c2C(=O)c2cccc(O)c2C3=O)[C@@H]1O. The third kappa shape index (κ3) is 1.76. The number of aliphatic hydroxyl groups excluding tert-OH is 1. The average molecular weight is 322 g/mol. The van der Waals surface area contributed by atoms with Crippen LogP contribution in [0.3, 0.4) is 0 Å². The summed E-state index contributed by atoms with van der Waals surface area (Å²) in [5.41, 5.74) is 0.732. The molecule has 0 amide bonds. The van der Waals surface area contributed by atoms with Gasteiger partial charge in [0.2, 0.25) is 0 Å². The number of hydrogen-bond acceptors (Lipinski definition) is 5. The molecule has 0 saturated carbocycles. The Balaban J connectivity index is 2.05. The highest BCUT2D eigenvalue weighted by Gasteiger charge is 2.39. The normalized spacial score (nSPS) is 22.0. The van der Waals surface area contributed by atoms with E-state index < -0.39 is 17.7 Å². The molecule has 0 fully saturated rings. The lowest BCUT2D eigenvalue weighted by atomic mass is 9.73. The number of carbonyl (C=O) groups excluding carboxylic acids is 3. The summed E-state index contributed by atoms with van der Waals surface area (Å²) in [6, 6.07) is 7.29. The molecular weight excluding hydrogens is 308 g/mol. The Kier molecular flexibility index (Phi) is 2.99. The number of Topliss-reactive ketones (excluding diaryl/α,β-unsaturated/α-hetero) is 1. The van der Waals surface area contributed by atoms with Crippen molar-refractivity contribution in [2.24, 2.45) is 5.92 Å². The van der Waals surface area contributed by atoms with Crippen molar-refractivity contribution in [1.82, 2.24) is 0 Å². The molecule has 2 N–H and O–H groups in total. The molecule has 0 aromatic heterocycles. The largest absolute Gasteiger partial charge is 0.507 e. The van der Waals surface area contributed by atoms with Gasteiger partial charge in [-0.3, -0.25) is 14.4 Å². The van der Waals surface area contributed by atoms with Gasteiger partial charge in [-0.05, 0) is 23.6 Å². The molecule has 0 radical (unpaired) electrons. The second kappa shape index (κ2) is 4.85. The van der Waals surface area contributed by atoms with Crippen molar-refractivity contribution >= 4 is 17.3 Å². The van der Waals surface area contributed by atoms with Gasteiger partial charge in [-0.2, -0.15) is 0 Å². The molecule has 0 aliphatic heterocycles. The Morgan fingerprint density at radius 1 is 0.917 bits per heavy atom. The lowest BCUT2D eigenvalue weighted by Gasteiger charge is -2.30. The number of phenols is 1. The Bertz CT molecular complexity index is 941. The second-order valence-corrected chi connectivity index (χ2v) is 6.36. The Morgan fingerprint density at radius 2 is 1.58 bits per heavy atom. The van der Waals surface area contributed by atoms with Crippen molar-refractivity contribution in [1.29, 1.82) is 0 Å². The molecule has 2 aromatic carbocycles. The molecule has 0 spiro atoms. The van der Waals surface area contributed by atoms with Crippen molar-refractivity contribution in [3.8, 4) is 5.75 Å². The molecule has 0 heterocycles. The lowest BCUT2D eigenvalue weighted by molar-refractivity contribution is 0.0745. The van der Waals surface area contributed by atoms with E-state index in [9.17, 15) is 24.6 Å². The fourth-order valence-electron chi connectivity index (χ4n) is 3.64. The van der Waals surface area contributed by atoms with Gasteiger partial charge >= 0.3 is 0 Å². The summed E-state index contributed by atoms with van der Waals surface area (Å²) >= 11 is 0. The summed E-state index contributed by atoms with van der Waals surface area (Å²) in [7, 11) is 0. The molecule has 24 heavy (non-hydrogen) atoms. The van der Waals surface area contributed by atoms with Gasteiger partial charge in [0.05, 0.1) is 11.7 Å². The number of rotatable bonds is 0. The highest BCUT2D eigenvalue weighted by atomic mass is 16.3. The molecule has 120 valence electrons. The number of aliphatic hydroxyl groups is 1. The van der Waals surface area contributed by atoms with E-state index in [2.05, 4.69) is 0 Å². The van der Waals surface area contributed by atoms with E-state index in [1.165, 1.54) is 30.3 Å². The molecule has 2 atom stereocenters. The third-order valence-electron chi connectivity index (χ3n) is 4.87. The molecule has 2 aliphatic rings. The summed E-state index contributed by atoms with van der Waals surface area (Å²) in [4.78, 5) is 38.2. The first-order valence-electron chi connectivity index (χ1n) is 7.71. The maximum atomic E-state index is 12.9. The Morgan fingerprint density at radius 3 is 2.33 bits per heavy atom. The van der Waals surface area contributed by atoms with Crippen molar-refractivity contribution in [3.05, 3.63) is 63.7 Å². The summed E-state index contributed by atoms with van der Waals surface area (Å²) < 4.78 is 0. The highest BCUT2D eigenvalue weighted by molar-refractivity contribution is 6.32. The van der Waals surface area contributed by atoms with Gasteiger partial charge in [-0.25, -0.2) is 0 Å². The number of aromatic hydroxyl groups is 1. The van der Waals surface area contributed by atoms with E-state index in [4.69, 9.17) is 0 Å². The number of carbonyl (C=O) groups is 3. The van der Waals surface area contributed by atoms with Crippen LogP contribution in [0.25, 0.3) is 0 Å². The number of ketones is 3. The quantitative estimate of drug-likeness (QED) is 0.663. The molecule has 2 aliphatic carbocycles. The van der Waals surface area contributed by atoms with Gasteiger partial charge in [0, 0.05) is 28.7 Å². The summed E-state index contributed by atoms with van der Waals surface area (Å²) in [6.07, 6.45) is -0.726. The van der Waals surface area contributed by atoms with E-state index in [-0.39, 0.29) is 51.7 Å². The summed E-state index contributed by atoms with van der Waals surface area (Å²) in [6.45, 7) is 1.77. The highest BCUT2D eigenvalue weighted by Crippen LogP contribution is 2.41. The predicted molar refractivity (Wildman–Crippen MR) is 84.5 cm³/mol. The zero-order chi connectivity index (χ0) is 17.2. The molecule has 2 aromatic rings. The van der Waals surface area contributed by atoms with Crippen LogP contribution in [0.2, 0.25) is 0 Å². The Hall–Kier alpha value is -2.79. The maximum absolute atomic E-state index is 12.9. The van der Waals surface area contributed by atoms with Gasteiger partial charge < -0.3 is 10.2 Å². The summed E-state index contributed by atoms with van der Waals surface area (Å²) in [5.74, 6) is -1.70. The van der Waals surface area contributed by atoms with Crippen LogP contribution >= 0.6 is 0 Å². The van der Waals surface area contributed by atoms with Crippen LogP contribution < -0.4 is 0 Å². The third-order valence-corrected chi connectivity index (χ3v) is 4.87. The van der Waals surface area contributed by atoms with Crippen LogP contribution in [-0.4, -0.2) is 27.6 Å². The smallest absolute Gasteiger partial charge is 0.198 e. The zero-order valence-corrected chi connectivity index (χ0v) is 12.9. The first-order chi connectivity index (χ1) is 11.4. The van der Waals surface area contributed by atoms with Crippen LogP contribution in [0.4, 0.5) is 0 Å². The number of hydrogen-bond donors (Lipinski definition) is 2. The molecule has 4 rings (SSSR count). The number of benzene rings is 2. The second-order valence-electron chi connectivity index (χ2n) is 6.36. The van der Waals surface area contributed by atoms with E-state index in [0.717, 1.165) is 0 Å². The van der Waals surface area contributed by atoms with E-state index >= 15 is 0 Å². The molecule has 0 unspecified atom stereocenters. The minimum Gasteiger partial charge on any atom is -0.507 e. The molecule has 0 bridgehead atoms. The molecule has 5 heteroatoms. The monoisotopic (exact) mass is 322 g/mol. The summed E-state index contributed by atoms with van der Waals surface area (Å²) in [5, 5.41) is 20.3. The Labute approximate surface area is 137 Å². The van der Waals surface area contributed by atoms with Gasteiger partial charge in [0.25, 0.3) is 0 Å². The van der Waals surface area contributed by atoms with Gasteiger partial charge in [0.15, 0.2) is 17.3 Å². The fraction of sp³-hybridized carbons (Fsp3) is 0.211. The van der Waals surface area contributed by atoms with Crippen molar-refractivity contribution in [3.63, 3.8) is 0 Å². The van der Waals surface area contributed by atoms with Crippen LogP contribution in [-0.2, 0) is 0 Å². The van der Waals surface area contributed by atoms with E-state index in [0.29, 0.717) is 5.56 Å². The van der Waals surface area contributed by atoms with Crippen molar-refractivity contribution in [2.75, 3.05) is 0 Å². The van der Waals surface area contributed by atoms with E-state index in [1.54, 1.807) is 6.92 Å². The zero-order valence-electron chi connectivity index (χ0n) is 12.9. The van der Waals surface area contributed by atoms with Gasteiger partial charge in [0.1, 0.15) is 5.75 Å². The minimum atomic E-state index is -0.850. The van der Waals surface area contributed by atoms with Gasteiger partial charge in [-0.15, -0.1) is 0 Å². The first-order valence-corrected chi connectivity index (χ1v) is 7.71. The number of phenolic OH excluding ortho intramolecular Hbond substituents is 1. The maximum Gasteiger partial charge on any atom is 0.198 e. The lowest BCUT2D eigenvalue weighted by Crippen LogP contribution is -2.30. The fourth-order valence-corrected chi connectivity index (χ4v) is 3.64. The van der Waals surface area contributed by atoms with Crippen molar-refractivity contribution in [2.45, 2.75) is 19.4 Å². The van der Waals surface area contributed by atoms with Gasteiger partial charge in [-0.1, -0.05) is 25.1 Å². The first kappa shape index (κ1) is 14.8. The predicted octanol–water partition coefficient (Wildman–Crippen LogP) is 2.42. The van der Waals surface area contributed by atoms with Crippen molar-refractivity contribution < 1.29 is 24.6 Å². The minimum absolute atomic E-state index is 0.0351.